The van der Waals surface area contributed by atoms with Gasteiger partial charge in [-0.2, -0.15) is 0 Å². The second-order valence-electron chi connectivity index (χ2n) is 5.83. The maximum absolute atomic E-state index is 12.2. The van der Waals surface area contributed by atoms with Gasteiger partial charge in [-0.3, -0.25) is 9.59 Å². The molecule has 1 heterocycles. The van der Waals surface area contributed by atoms with Crippen LogP contribution in [0.3, 0.4) is 0 Å². The summed E-state index contributed by atoms with van der Waals surface area (Å²) < 4.78 is 10.5. The number of rotatable bonds is 6. The van der Waals surface area contributed by atoms with E-state index in [9.17, 15) is 9.59 Å². The highest BCUT2D eigenvalue weighted by atomic mass is 16.5. The lowest BCUT2D eigenvalue weighted by atomic mass is 10.1. The normalized spacial score (nSPS) is 12.3. The topological polar surface area (TPSA) is 76.7 Å². The molecule has 0 spiro atoms. The van der Waals surface area contributed by atoms with Crippen molar-refractivity contribution >= 4 is 23.2 Å². The van der Waals surface area contributed by atoms with Crippen LogP contribution in [0.4, 0.5) is 11.4 Å². The number of benzene rings is 2. The molecule has 0 bridgehead atoms. The van der Waals surface area contributed by atoms with E-state index in [4.69, 9.17) is 9.47 Å². The minimum atomic E-state index is -0.0768. The molecule has 1 aliphatic rings. The van der Waals surface area contributed by atoms with Crippen molar-refractivity contribution in [3.63, 3.8) is 0 Å². The summed E-state index contributed by atoms with van der Waals surface area (Å²) in [6.45, 7) is 0. The fourth-order valence-corrected chi connectivity index (χ4v) is 2.82. The van der Waals surface area contributed by atoms with Gasteiger partial charge in [0.25, 0.3) is 0 Å². The van der Waals surface area contributed by atoms with Gasteiger partial charge in [0.1, 0.15) is 0 Å². The van der Waals surface area contributed by atoms with Crippen LogP contribution >= 0.6 is 0 Å². The fraction of sp³-hybridized carbons (Fsp3) is 0.263. The second kappa shape index (κ2) is 7.25. The molecule has 0 fully saturated rings. The summed E-state index contributed by atoms with van der Waals surface area (Å²) in [6, 6.07) is 11.1. The average molecular weight is 340 g/mol. The van der Waals surface area contributed by atoms with Gasteiger partial charge < -0.3 is 20.1 Å². The summed E-state index contributed by atoms with van der Waals surface area (Å²) in [5.41, 5.74) is 3.42. The van der Waals surface area contributed by atoms with Gasteiger partial charge in [-0.1, -0.05) is 6.07 Å². The lowest BCUT2D eigenvalue weighted by Gasteiger charge is -2.10. The van der Waals surface area contributed by atoms with Gasteiger partial charge in [-0.05, 0) is 47.9 Å². The highest BCUT2D eigenvalue weighted by Gasteiger charge is 2.17. The highest BCUT2D eigenvalue weighted by Crippen LogP contribution is 2.28. The van der Waals surface area contributed by atoms with Gasteiger partial charge in [0.15, 0.2) is 11.5 Å². The molecule has 0 saturated carbocycles. The Kier molecular flexibility index (Phi) is 4.88. The molecule has 6 nitrogen and oxygen atoms in total. The largest absolute Gasteiger partial charge is 0.493 e. The van der Waals surface area contributed by atoms with Gasteiger partial charge in [-0.15, -0.1) is 0 Å². The third kappa shape index (κ3) is 3.91. The average Bonchev–Trinajstić information content (AvgIpc) is 2.99. The number of anilines is 2. The Morgan fingerprint density at radius 3 is 2.68 bits per heavy atom. The van der Waals surface area contributed by atoms with E-state index in [0.717, 1.165) is 16.8 Å². The summed E-state index contributed by atoms with van der Waals surface area (Å²) >= 11 is 0. The predicted molar refractivity (Wildman–Crippen MR) is 95.3 cm³/mol. The van der Waals surface area contributed by atoms with Crippen LogP contribution in [0, 0.1) is 0 Å². The molecule has 0 unspecified atom stereocenters. The molecule has 3 rings (SSSR count). The lowest BCUT2D eigenvalue weighted by molar-refractivity contribution is -0.116. The summed E-state index contributed by atoms with van der Waals surface area (Å²) in [4.78, 5) is 23.6. The Balaban J connectivity index is 1.58. The van der Waals surface area contributed by atoms with Crippen LogP contribution in [-0.2, 0) is 22.4 Å². The zero-order valence-corrected chi connectivity index (χ0v) is 14.2. The SMILES string of the molecule is COc1ccc(CCC(=O)Nc2ccc3c(c2)CC(=O)N3)cc1OC. The summed E-state index contributed by atoms with van der Waals surface area (Å²) in [5, 5.41) is 5.64. The summed E-state index contributed by atoms with van der Waals surface area (Å²) in [6.07, 6.45) is 1.30. The number of aryl methyl sites for hydroxylation is 1. The van der Waals surface area contributed by atoms with Crippen LogP contribution < -0.4 is 20.1 Å². The number of amides is 2. The molecule has 2 aromatic rings. The molecule has 25 heavy (non-hydrogen) atoms. The maximum atomic E-state index is 12.2. The number of methoxy groups -OCH3 is 2. The summed E-state index contributed by atoms with van der Waals surface area (Å²) in [5.74, 6) is 1.21. The molecule has 0 atom stereocenters. The minimum Gasteiger partial charge on any atom is -0.493 e. The van der Waals surface area contributed by atoms with Gasteiger partial charge in [0.2, 0.25) is 11.8 Å². The molecule has 0 saturated heterocycles. The molecule has 0 aliphatic carbocycles. The van der Waals surface area contributed by atoms with Crippen LogP contribution in [0.5, 0.6) is 11.5 Å². The van der Waals surface area contributed by atoms with Crippen molar-refractivity contribution in [1.29, 1.82) is 0 Å². The second-order valence-corrected chi connectivity index (χ2v) is 5.83. The molecule has 2 amide bonds. The molecule has 2 aromatic carbocycles. The van der Waals surface area contributed by atoms with Crippen LogP contribution in [-0.4, -0.2) is 26.0 Å². The molecule has 130 valence electrons. The fourth-order valence-electron chi connectivity index (χ4n) is 2.82. The predicted octanol–water partition coefficient (Wildman–Crippen LogP) is 2.77. The lowest BCUT2D eigenvalue weighted by Crippen LogP contribution is -2.12. The third-order valence-corrected chi connectivity index (χ3v) is 4.10. The molecule has 6 heteroatoms. The first kappa shape index (κ1) is 16.8. The standard InChI is InChI=1S/C19H20N2O4/c1-24-16-7-3-12(9-17(16)25-2)4-8-18(22)20-14-5-6-15-13(10-14)11-19(23)21-15/h3,5-7,9-10H,4,8,11H2,1-2H3,(H,20,22)(H,21,23). The van der Waals surface area contributed by atoms with Crippen molar-refractivity contribution < 1.29 is 19.1 Å². The first-order valence-corrected chi connectivity index (χ1v) is 8.02. The van der Waals surface area contributed by atoms with Crippen molar-refractivity contribution in [3.05, 3.63) is 47.5 Å². The van der Waals surface area contributed by atoms with E-state index in [0.29, 0.717) is 36.4 Å². The Morgan fingerprint density at radius 1 is 1.12 bits per heavy atom. The number of hydrogen-bond donors (Lipinski definition) is 2. The maximum Gasteiger partial charge on any atom is 0.228 e. The van der Waals surface area contributed by atoms with Crippen LogP contribution in [0.1, 0.15) is 17.5 Å². The number of ether oxygens (including phenoxy) is 2. The zero-order chi connectivity index (χ0) is 17.8. The van der Waals surface area contributed by atoms with E-state index in [2.05, 4.69) is 10.6 Å². The van der Waals surface area contributed by atoms with E-state index in [1.54, 1.807) is 20.3 Å². The van der Waals surface area contributed by atoms with Crippen molar-refractivity contribution in [2.24, 2.45) is 0 Å². The Bertz CT molecular complexity index is 817. The zero-order valence-electron chi connectivity index (χ0n) is 14.2. The number of hydrogen-bond acceptors (Lipinski definition) is 4. The molecular weight excluding hydrogens is 320 g/mol. The van der Waals surface area contributed by atoms with E-state index >= 15 is 0 Å². The van der Waals surface area contributed by atoms with Crippen molar-refractivity contribution in [2.75, 3.05) is 24.9 Å². The molecule has 0 aromatic heterocycles. The number of carbonyl (C=O) groups excluding carboxylic acids is 2. The first-order chi connectivity index (χ1) is 12.1. The minimum absolute atomic E-state index is 0.0214. The van der Waals surface area contributed by atoms with Crippen LogP contribution in [0.15, 0.2) is 36.4 Å². The monoisotopic (exact) mass is 340 g/mol. The van der Waals surface area contributed by atoms with Crippen LogP contribution in [0.2, 0.25) is 0 Å². The van der Waals surface area contributed by atoms with E-state index < -0.39 is 0 Å². The van der Waals surface area contributed by atoms with Gasteiger partial charge in [0.05, 0.1) is 20.6 Å². The van der Waals surface area contributed by atoms with E-state index in [1.807, 2.05) is 30.3 Å². The van der Waals surface area contributed by atoms with Crippen molar-refractivity contribution in [3.8, 4) is 11.5 Å². The van der Waals surface area contributed by atoms with Crippen molar-refractivity contribution in [2.45, 2.75) is 19.3 Å². The molecule has 0 radical (unpaired) electrons. The molecule has 2 N–H and O–H groups in total. The van der Waals surface area contributed by atoms with Crippen molar-refractivity contribution in [1.82, 2.24) is 0 Å². The van der Waals surface area contributed by atoms with Crippen LogP contribution in [0.25, 0.3) is 0 Å². The Morgan fingerprint density at radius 2 is 1.92 bits per heavy atom. The molecular formula is C19H20N2O4. The molecule has 1 aliphatic heterocycles. The summed E-state index contributed by atoms with van der Waals surface area (Å²) in [7, 11) is 3.17. The van der Waals surface area contributed by atoms with Gasteiger partial charge >= 0.3 is 0 Å². The Labute approximate surface area is 146 Å². The van der Waals surface area contributed by atoms with Gasteiger partial charge in [-0.25, -0.2) is 0 Å². The number of carbonyl (C=O) groups is 2. The highest BCUT2D eigenvalue weighted by molar-refractivity contribution is 6.00. The third-order valence-electron chi connectivity index (χ3n) is 4.10. The first-order valence-electron chi connectivity index (χ1n) is 8.02. The Hall–Kier alpha value is -3.02. The number of nitrogens with one attached hydrogen (secondary N) is 2. The quantitative estimate of drug-likeness (QED) is 0.848. The smallest absolute Gasteiger partial charge is 0.228 e. The van der Waals surface area contributed by atoms with E-state index in [1.165, 1.54) is 0 Å². The van der Waals surface area contributed by atoms with Gasteiger partial charge in [0, 0.05) is 17.8 Å². The van der Waals surface area contributed by atoms with E-state index in [-0.39, 0.29) is 11.8 Å². The number of fused-ring (bicyclic) bond motifs is 1.